The maximum Gasteiger partial charge on any atom is 0.284 e. The van der Waals surface area contributed by atoms with Crippen LogP contribution in [0.25, 0.3) is 0 Å². The molecule has 0 fully saturated rings. The van der Waals surface area contributed by atoms with E-state index < -0.39 is 5.91 Å². The van der Waals surface area contributed by atoms with Crippen molar-refractivity contribution in [3.8, 4) is 0 Å². The van der Waals surface area contributed by atoms with Crippen LogP contribution in [0.3, 0.4) is 0 Å². The Morgan fingerprint density at radius 1 is 1.35 bits per heavy atom. The van der Waals surface area contributed by atoms with Gasteiger partial charge < -0.3 is 0 Å². The average molecular weight is 266 g/mol. The molecule has 0 unspecified atom stereocenters. The predicted octanol–water partition coefficient (Wildman–Crippen LogP) is -0.272. The first-order chi connectivity index (χ1) is 9.58. The van der Waals surface area contributed by atoms with Crippen LogP contribution in [0, 0.1) is 0 Å². The number of aromatic nitrogens is 3. The van der Waals surface area contributed by atoms with Crippen LogP contribution in [0.4, 0.5) is 5.69 Å². The zero-order valence-electron chi connectivity index (χ0n) is 10.9. The van der Waals surface area contributed by atoms with Gasteiger partial charge in [0.2, 0.25) is 5.91 Å². The molecule has 2 heterocycles. The number of benzene rings is 1. The molecule has 1 aromatic heterocycles. The summed E-state index contributed by atoms with van der Waals surface area (Å²) in [5.41, 5.74) is 2.37. The van der Waals surface area contributed by atoms with Gasteiger partial charge in [-0.05, 0) is 18.1 Å². The fraction of sp³-hybridized carbons (Fsp3) is 0.231. The first-order valence-electron chi connectivity index (χ1n) is 6.18. The molecule has 0 N–H and O–H groups in total. The number of hydrogen-bond donors (Lipinski definition) is 0. The molecule has 1 aromatic carbocycles. The predicted molar refractivity (Wildman–Crippen MR) is 73.0 cm³/mol. The lowest BCUT2D eigenvalue weighted by atomic mass is 9.90. The molecule has 7 heteroatoms. The highest BCUT2D eigenvalue weighted by atomic mass is 16.2. The lowest BCUT2D eigenvalue weighted by Crippen LogP contribution is -2.41. The number of aryl methyl sites for hydroxylation is 2. The lowest BCUT2D eigenvalue weighted by Gasteiger charge is -2.27. The molecular formula is C13H11BN4O2. The van der Waals surface area contributed by atoms with Gasteiger partial charge in [-0.2, -0.15) is 0 Å². The molecule has 6 nitrogen and oxygen atoms in total. The van der Waals surface area contributed by atoms with Crippen molar-refractivity contribution in [3.63, 3.8) is 0 Å². The number of carbonyl (C=O) groups excluding carboxylic acids is 2. The van der Waals surface area contributed by atoms with Crippen LogP contribution >= 0.6 is 0 Å². The Kier molecular flexibility index (Phi) is 2.89. The van der Waals surface area contributed by atoms with Crippen molar-refractivity contribution in [2.45, 2.75) is 12.8 Å². The zero-order chi connectivity index (χ0) is 14.3. The van der Waals surface area contributed by atoms with Crippen molar-refractivity contribution >= 4 is 30.8 Å². The third kappa shape index (κ3) is 1.91. The Morgan fingerprint density at radius 3 is 2.85 bits per heavy atom. The number of fused-ring (bicyclic) bond motifs is 1. The number of imide groups is 1. The molecule has 20 heavy (non-hydrogen) atoms. The molecule has 0 atom stereocenters. The first-order valence-corrected chi connectivity index (χ1v) is 6.18. The van der Waals surface area contributed by atoms with Gasteiger partial charge in [-0.3, -0.25) is 9.59 Å². The Balaban J connectivity index is 2.08. The van der Waals surface area contributed by atoms with Gasteiger partial charge in [-0.25, -0.2) is 9.58 Å². The third-order valence-corrected chi connectivity index (χ3v) is 3.34. The number of carbonyl (C=O) groups is 2. The summed E-state index contributed by atoms with van der Waals surface area (Å²) in [4.78, 5) is 25.8. The summed E-state index contributed by atoms with van der Waals surface area (Å²) in [6, 6.07) is 5.17. The third-order valence-electron chi connectivity index (χ3n) is 3.34. The van der Waals surface area contributed by atoms with E-state index in [4.69, 9.17) is 7.85 Å². The Hall–Kier alpha value is -2.44. The fourth-order valence-electron chi connectivity index (χ4n) is 2.33. The van der Waals surface area contributed by atoms with Crippen molar-refractivity contribution < 1.29 is 9.59 Å². The average Bonchev–Trinajstić information content (AvgIpc) is 2.84. The van der Waals surface area contributed by atoms with E-state index in [0.29, 0.717) is 17.6 Å². The van der Waals surface area contributed by atoms with E-state index in [1.54, 1.807) is 25.2 Å². The topological polar surface area (TPSA) is 68.1 Å². The normalized spacial score (nSPS) is 14.2. The van der Waals surface area contributed by atoms with Crippen LogP contribution in [0.1, 0.15) is 22.5 Å². The quantitative estimate of drug-likeness (QED) is 0.526. The summed E-state index contributed by atoms with van der Waals surface area (Å²) in [6.45, 7) is 0. The maximum atomic E-state index is 12.5. The van der Waals surface area contributed by atoms with E-state index in [0.717, 1.165) is 5.56 Å². The molecule has 2 amide bonds. The molecule has 0 saturated carbocycles. The highest BCUT2D eigenvalue weighted by molar-refractivity contribution is 6.32. The molecule has 0 spiro atoms. The van der Waals surface area contributed by atoms with Crippen LogP contribution < -0.4 is 10.4 Å². The Labute approximate surface area is 116 Å². The summed E-state index contributed by atoms with van der Waals surface area (Å²) in [5.74, 6) is -0.651. The van der Waals surface area contributed by atoms with E-state index in [9.17, 15) is 9.59 Å². The minimum absolute atomic E-state index is 0.228. The molecule has 2 radical (unpaired) electrons. The second kappa shape index (κ2) is 4.59. The highest BCUT2D eigenvalue weighted by Crippen LogP contribution is 2.28. The summed E-state index contributed by atoms with van der Waals surface area (Å²) < 4.78 is 1.35. The van der Waals surface area contributed by atoms with Gasteiger partial charge in [0.15, 0.2) is 0 Å². The summed E-state index contributed by atoms with van der Waals surface area (Å²) in [5, 5.41) is 7.38. The molecule has 1 aliphatic rings. The van der Waals surface area contributed by atoms with Crippen LogP contribution in [-0.4, -0.2) is 34.7 Å². The smallest absolute Gasteiger partial charge is 0.274 e. The molecule has 3 rings (SSSR count). The summed E-state index contributed by atoms with van der Waals surface area (Å²) >= 11 is 0. The monoisotopic (exact) mass is 266 g/mol. The van der Waals surface area contributed by atoms with Crippen molar-refractivity contribution in [3.05, 3.63) is 35.7 Å². The minimum Gasteiger partial charge on any atom is -0.274 e. The second-order valence-corrected chi connectivity index (χ2v) is 4.67. The van der Waals surface area contributed by atoms with Crippen molar-refractivity contribution in [1.82, 2.24) is 15.0 Å². The standard InChI is InChI=1S/C13H11BN4O2/c1-17-11(7-15-16-17)13(20)18-10-4-3-9(14)6-8(10)2-5-12(18)19/h3-4,6-7H,2,5H2,1H3. The van der Waals surface area contributed by atoms with E-state index in [2.05, 4.69) is 10.3 Å². The molecular weight excluding hydrogens is 255 g/mol. The molecule has 0 saturated heterocycles. The van der Waals surface area contributed by atoms with Gasteiger partial charge in [0.1, 0.15) is 13.5 Å². The molecule has 0 aliphatic carbocycles. The van der Waals surface area contributed by atoms with Crippen LogP contribution in [0.5, 0.6) is 0 Å². The second-order valence-electron chi connectivity index (χ2n) is 4.67. The van der Waals surface area contributed by atoms with Gasteiger partial charge in [-0.15, -0.1) is 5.10 Å². The first kappa shape index (κ1) is 12.6. The number of hydrogen-bond acceptors (Lipinski definition) is 4. The SMILES string of the molecule is [B]c1ccc2c(c1)CCC(=O)N2C(=O)c1cnnn1C. The summed E-state index contributed by atoms with van der Waals surface area (Å²) in [6.07, 6.45) is 2.22. The van der Waals surface area contributed by atoms with Gasteiger partial charge in [0, 0.05) is 13.5 Å². The van der Waals surface area contributed by atoms with Gasteiger partial charge >= 0.3 is 0 Å². The van der Waals surface area contributed by atoms with Crippen molar-refractivity contribution in [1.29, 1.82) is 0 Å². The number of nitrogens with zero attached hydrogens (tertiary/aromatic N) is 4. The summed E-state index contributed by atoms with van der Waals surface area (Å²) in [7, 11) is 7.35. The molecule has 1 aliphatic heterocycles. The highest BCUT2D eigenvalue weighted by Gasteiger charge is 2.31. The minimum atomic E-state index is -0.423. The van der Waals surface area contributed by atoms with Crippen molar-refractivity contribution in [2.24, 2.45) is 7.05 Å². The Bertz CT molecular complexity index is 710. The Morgan fingerprint density at radius 2 is 2.15 bits per heavy atom. The molecule has 2 aromatic rings. The molecule has 98 valence electrons. The van der Waals surface area contributed by atoms with Crippen LogP contribution in [0.15, 0.2) is 24.4 Å². The maximum absolute atomic E-state index is 12.5. The largest absolute Gasteiger partial charge is 0.284 e. The van der Waals surface area contributed by atoms with Crippen LogP contribution in [-0.2, 0) is 18.3 Å². The number of amides is 2. The van der Waals surface area contributed by atoms with E-state index >= 15 is 0 Å². The van der Waals surface area contributed by atoms with Gasteiger partial charge in [0.25, 0.3) is 5.91 Å². The van der Waals surface area contributed by atoms with Gasteiger partial charge in [-0.1, -0.05) is 22.8 Å². The van der Waals surface area contributed by atoms with E-state index in [1.807, 2.05) is 0 Å². The van der Waals surface area contributed by atoms with E-state index in [1.165, 1.54) is 15.8 Å². The number of anilines is 1. The zero-order valence-corrected chi connectivity index (χ0v) is 10.9. The molecule has 0 bridgehead atoms. The van der Waals surface area contributed by atoms with Crippen LogP contribution in [0.2, 0.25) is 0 Å². The fourth-order valence-corrected chi connectivity index (χ4v) is 2.33. The number of rotatable bonds is 1. The lowest BCUT2D eigenvalue weighted by molar-refractivity contribution is -0.118. The van der Waals surface area contributed by atoms with E-state index in [-0.39, 0.29) is 18.0 Å². The van der Waals surface area contributed by atoms with Gasteiger partial charge in [0.05, 0.1) is 11.9 Å². The van der Waals surface area contributed by atoms with Crippen molar-refractivity contribution in [2.75, 3.05) is 4.90 Å².